The van der Waals surface area contributed by atoms with Crippen molar-refractivity contribution in [1.82, 2.24) is 9.88 Å². The molecule has 1 saturated heterocycles. The molecule has 5 nitrogen and oxygen atoms in total. The summed E-state index contributed by atoms with van der Waals surface area (Å²) in [5.41, 5.74) is 6.47. The number of benzene rings is 1. The number of aliphatic hydroxyl groups is 1. The fraction of sp³-hybridized carbons (Fsp3) is 0.300. The summed E-state index contributed by atoms with van der Waals surface area (Å²) in [6.45, 7) is 3.01. The van der Waals surface area contributed by atoms with Gasteiger partial charge in [-0.25, -0.2) is 9.37 Å². The number of likely N-dealkylation sites (N-methyl/N-ethyl adjacent to an activating group) is 1. The van der Waals surface area contributed by atoms with E-state index in [4.69, 9.17) is 5.73 Å². The number of aromatic nitrogens is 1. The normalized spacial score (nSPS) is 19.8. The minimum Gasteiger partial charge on any atom is -0.376 e. The van der Waals surface area contributed by atoms with Crippen LogP contribution in [0.3, 0.4) is 0 Å². The third-order valence-electron chi connectivity index (χ3n) is 4.35. The minimum absolute atomic E-state index is 0.153. The van der Waals surface area contributed by atoms with Crippen molar-refractivity contribution in [1.29, 1.82) is 0 Å². The summed E-state index contributed by atoms with van der Waals surface area (Å²) >= 11 is 0. The van der Waals surface area contributed by atoms with Gasteiger partial charge in [0.1, 0.15) is 17.1 Å². The highest BCUT2D eigenvalue weighted by Gasteiger charge is 2.32. The van der Waals surface area contributed by atoms with Crippen LogP contribution in [0.5, 0.6) is 0 Å². The monoisotopic (exact) mass is 353 g/mol. The van der Waals surface area contributed by atoms with Crippen molar-refractivity contribution in [2.24, 2.45) is 5.73 Å². The Hall–Kier alpha value is -2.75. The number of likely N-dealkylation sites (tertiary alicyclic amines) is 1. The second-order valence-electron chi connectivity index (χ2n) is 6.74. The number of pyridine rings is 1. The lowest BCUT2D eigenvalue weighted by Crippen LogP contribution is -2.29. The second-order valence-corrected chi connectivity index (χ2v) is 6.74. The maximum Gasteiger partial charge on any atom is 0.267 e. The standard InChI is InChI=1S/C20H20FN3O2/c1-13-9-17(23-18(10-13)19(22)25)15-3-4-16(21)14(11-15)5-6-20(26)7-8-24(2)12-20/h3-4,9-11,26H,7-8,12H2,1-2H3,(H2,22,25). The Bertz CT molecular complexity index is 932. The molecular weight excluding hydrogens is 333 g/mol. The maximum absolute atomic E-state index is 14.2. The number of nitrogens with two attached hydrogens (primary N) is 1. The molecule has 0 radical (unpaired) electrons. The predicted molar refractivity (Wildman–Crippen MR) is 96.8 cm³/mol. The fourth-order valence-electron chi connectivity index (χ4n) is 2.99. The molecule has 0 aliphatic carbocycles. The summed E-state index contributed by atoms with van der Waals surface area (Å²) in [6.07, 6.45) is 0.527. The van der Waals surface area contributed by atoms with E-state index in [1.165, 1.54) is 6.07 Å². The van der Waals surface area contributed by atoms with Crippen LogP contribution in [0.15, 0.2) is 30.3 Å². The van der Waals surface area contributed by atoms with Crippen molar-refractivity contribution in [2.45, 2.75) is 18.9 Å². The van der Waals surface area contributed by atoms with Crippen molar-refractivity contribution in [3.63, 3.8) is 0 Å². The zero-order chi connectivity index (χ0) is 18.9. The van der Waals surface area contributed by atoms with Crippen LogP contribution < -0.4 is 5.73 Å². The lowest BCUT2D eigenvalue weighted by molar-refractivity contribution is 0.0995. The molecule has 3 N–H and O–H groups in total. The summed E-state index contributed by atoms with van der Waals surface area (Å²) < 4.78 is 14.2. The highest BCUT2D eigenvalue weighted by Crippen LogP contribution is 2.23. The van der Waals surface area contributed by atoms with Crippen LogP contribution >= 0.6 is 0 Å². The molecule has 1 atom stereocenters. The molecule has 1 aliphatic heterocycles. The zero-order valence-electron chi connectivity index (χ0n) is 14.7. The molecule has 26 heavy (non-hydrogen) atoms. The molecule has 2 heterocycles. The van der Waals surface area contributed by atoms with E-state index in [2.05, 4.69) is 16.8 Å². The molecule has 0 bridgehead atoms. The average molecular weight is 353 g/mol. The van der Waals surface area contributed by atoms with Gasteiger partial charge in [0.05, 0.1) is 11.3 Å². The van der Waals surface area contributed by atoms with Gasteiger partial charge in [0.2, 0.25) is 0 Å². The number of amides is 1. The topological polar surface area (TPSA) is 79.5 Å². The van der Waals surface area contributed by atoms with Crippen LogP contribution in [0.1, 0.15) is 28.0 Å². The molecule has 1 amide bonds. The molecule has 2 aromatic rings. The molecule has 1 aromatic heterocycles. The Labute approximate surface area is 151 Å². The molecule has 3 rings (SSSR count). The first-order chi connectivity index (χ1) is 12.3. The SMILES string of the molecule is Cc1cc(C(N)=O)nc(-c2ccc(F)c(C#CC3(O)CCN(C)C3)c2)c1. The van der Waals surface area contributed by atoms with Gasteiger partial charge in [-0.05, 0) is 49.9 Å². The Morgan fingerprint density at radius 3 is 2.81 bits per heavy atom. The first kappa shape index (κ1) is 18.1. The molecule has 1 aromatic carbocycles. The summed E-state index contributed by atoms with van der Waals surface area (Å²) in [6, 6.07) is 7.83. The van der Waals surface area contributed by atoms with Crippen LogP contribution in [0.4, 0.5) is 4.39 Å². The summed E-state index contributed by atoms with van der Waals surface area (Å²) in [5, 5.41) is 10.4. The highest BCUT2D eigenvalue weighted by molar-refractivity contribution is 5.91. The summed E-state index contributed by atoms with van der Waals surface area (Å²) in [5.74, 6) is 4.46. The van der Waals surface area contributed by atoms with Gasteiger partial charge < -0.3 is 15.7 Å². The van der Waals surface area contributed by atoms with Gasteiger partial charge in [-0.3, -0.25) is 4.79 Å². The van der Waals surface area contributed by atoms with Crippen molar-refractivity contribution < 1.29 is 14.3 Å². The van der Waals surface area contributed by atoms with Crippen molar-refractivity contribution in [3.05, 3.63) is 53.0 Å². The number of nitrogens with zero attached hydrogens (tertiary/aromatic N) is 2. The number of rotatable bonds is 2. The first-order valence-corrected chi connectivity index (χ1v) is 8.28. The van der Waals surface area contributed by atoms with Gasteiger partial charge in [0.25, 0.3) is 5.91 Å². The van der Waals surface area contributed by atoms with Gasteiger partial charge >= 0.3 is 0 Å². The molecule has 134 valence electrons. The van der Waals surface area contributed by atoms with E-state index in [0.717, 1.165) is 12.1 Å². The molecule has 1 aliphatic rings. The molecule has 1 unspecified atom stereocenters. The van der Waals surface area contributed by atoms with Gasteiger partial charge in [0, 0.05) is 25.1 Å². The van der Waals surface area contributed by atoms with E-state index in [1.807, 2.05) is 18.9 Å². The Morgan fingerprint density at radius 2 is 2.15 bits per heavy atom. The van der Waals surface area contributed by atoms with Crippen LogP contribution in [-0.2, 0) is 0 Å². The summed E-state index contributed by atoms with van der Waals surface area (Å²) in [7, 11) is 1.90. The Balaban J connectivity index is 1.98. The average Bonchev–Trinajstić information content (AvgIpc) is 2.93. The van der Waals surface area contributed by atoms with E-state index in [-0.39, 0.29) is 11.3 Å². The lowest BCUT2D eigenvalue weighted by Gasteiger charge is -2.14. The number of aryl methyl sites for hydroxylation is 1. The van der Waals surface area contributed by atoms with Gasteiger partial charge in [0.15, 0.2) is 0 Å². The molecule has 6 heteroatoms. The van der Waals surface area contributed by atoms with E-state index in [0.29, 0.717) is 24.2 Å². The zero-order valence-corrected chi connectivity index (χ0v) is 14.7. The number of hydrogen-bond acceptors (Lipinski definition) is 4. The number of carbonyl (C=O) groups is 1. The smallest absolute Gasteiger partial charge is 0.267 e. The van der Waals surface area contributed by atoms with Crippen LogP contribution in [-0.4, -0.2) is 46.6 Å². The van der Waals surface area contributed by atoms with Crippen molar-refractivity contribution in [3.8, 4) is 23.1 Å². The largest absolute Gasteiger partial charge is 0.376 e. The van der Waals surface area contributed by atoms with E-state index < -0.39 is 17.3 Å². The van der Waals surface area contributed by atoms with Crippen molar-refractivity contribution in [2.75, 3.05) is 20.1 Å². The number of carbonyl (C=O) groups excluding carboxylic acids is 1. The number of β-amino-alcohol motifs (C(OH)–C–C–N with tert-alkyl or cyclic N) is 1. The Morgan fingerprint density at radius 1 is 1.38 bits per heavy atom. The third kappa shape index (κ3) is 3.90. The predicted octanol–water partition coefficient (Wildman–Crippen LogP) is 1.71. The number of halogens is 1. The Kier molecular flexibility index (Phi) is 4.77. The number of primary amides is 1. The molecule has 1 fully saturated rings. The van der Waals surface area contributed by atoms with E-state index >= 15 is 0 Å². The van der Waals surface area contributed by atoms with Crippen LogP contribution in [0.25, 0.3) is 11.3 Å². The maximum atomic E-state index is 14.2. The van der Waals surface area contributed by atoms with Gasteiger partial charge in [-0.15, -0.1) is 0 Å². The first-order valence-electron chi connectivity index (χ1n) is 8.28. The molecule has 0 saturated carbocycles. The van der Waals surface area contributed by atoms with E-state index in [1.54, 1.807) is 24.3 Å². The quantitative estimate of drug-likeness (QED) is 0.806. The number of hydrogen-bond donors (Lipinski definition) is 2. The van der Waals surface area contributed by atoms with E-state index in [9.17, 15) is 14.3 Å². The molecular formula is C20H20FN3O2. The fourth-order valence-corrected chi connectivity index (χ4v) is 2.99. The van der Waals surface area contributed by atoms with Crippen LogP contribution in [0.2, 0.25) is 0 Å². The minimum atomic E-state index is -1.13. The lowest BCUT2D eigenvalue weighted by atomic mass is 10.0. The molecule has 0 spiro atoms. The van der Waals surface area contributed by atoms with Crippen LogP contribution in [0, 0.1) is 24.6 Å². The van der Waals surface area contributed by atoms with Gasteiger partial charge in [-0.2, -0.15) is 0 Å². The second kappa shape index (κ2) is 6.87. The highest BCUT2D eigenvalue weighted by atomic mass is 19.1. The van der Waals surface area contributed by atoms with Crippen molar-refractivity contribution >= 4 is 5.91 Å². The van der Waals surface area contributed by atoms with Gasteiger partial charge in [-0.1, -0.05) is 11.8 Å². The summed E-state index contributed by atoms with van der Waals surface area (Å²) in [4.78, 5) is 17.6. The third-order valence-corrected chi connectivity index (χ3v) is 4.35.